The number of hydrogen-bond donors (Lipinski definition) is 0. The molecular formula is C26H26O4S. The minimum atomic E-state index is -4.07. The van der Waals surface area contributed by atoms with Gasteiger partial charge in [0.1, 0.15) is 5.25 Å². The molecule has 0 unspecified atom stereocenters. The van der Waals surface area contributed by atoms with E-state index in [1.165, 1.54) is 12.1 Å². The van der Waals surface area contributed by atoms with Gasteiger partial charge in [0.2, 0.25) is 0 Å². The number of rotatable bonds is 7. The molecule has 0 aliphatic rings. The molecule has 0 N–H and O–H groups in total. The summed E-state index contributed by atoms with van der Waals surface area (Å²) < 4.78 is 26.9. The predicted octanol–water partition coefficient (Wildman–Crippen LogP) is 5.22. The SMILES string of the molecule is Cc1ccc(C(=O)[C@@H](CC(=O)c2ccc(C)c(C)c2)S(=O)(=O)c2ccc(C)cc2)cc1. The Morgan fingerprint density at radius 2 is 1.23 bits per heavy atom. The van der Waals surface area contributed by atoms with E-state index in [0.29, 0.717) is 5.56 Å². The quantitative estimate of drug-likeness (QED) is 0.478. The van der Waals surface area contributed by atoms with Crippen LogP contribution in [0.4, 0.5) is 0 Å². The lowest BCUT2D eigenvalue weighted by Crippen LogP contribution is -2.33. The largest absolute Gasteiger partial charge is 0.294 e. The number of Topliss-reactive ketones (excluding diaryl/α,β-unsaturated/α-hetero) is 2. The van der Waals surface area contributed by atoms with Crippen molar-refractivity contribution in [1.82, 2.24) is 0 Å². The van der Waals surface area contributed by atoms with Crippen molar-refractivity contribution in [3.63, 3.8) is 0 Å². The summed E-state index contributed by atoms with van der Waals surface area (Å²) in [4.78, 5) is 26.4. The molecule has 0 saturated heterocycles. The highest BCUT2D eigenvalue weighted by molar-refractivity contribution is 7.92. The van der Waals surface area contributed by atoms with Crippen molar-refractivity contribution in [1.29, 1.82) is 0 Å². The Morgan fingerprint density at radius 3 is 1.77 bits per heavy atom. The van der Waals surface area contributed by atoms with Crippen molar-refractivity contribution in [2.24, 2.45) is 0 Å². The second kappa shape index (κ2) is 8.98. The molecule has 3 aromatic carbocycles. The summed E-state index contributed by atoms with van der Waals surface area (Å²) in [5.74, 6) is -0.943. The summed E-state index contributed by atoms with van der Waals surface area (Å²) in [6.45, 7) is 7.58. The zero-order chi connectivity index (χ0) is 22.8. The Hall–Kier alpha value is -3.05. The summed E-state index contributed by atoms with van der Waals surface area (Å²) >= 11 is 0. The van der Waals surface area contributed by atoms with E-state index in [0.717, 1.165) is 22.3 Å². The highest BCUT2D eigenvalue weighted by Crippen LogP contribution is 2.25. The van der Waals surface area contributed by atoms with Crippen LogP contribution in [0.15, 0.2) is 71.6 Å². The third-order valence-corrected chi connectivity index (χ3v) is 7.61. The number of aryl methyl sites for hydroxylation is 4. The predicted molar refractivity (Wildman–Crippen MR) is 123 cm³/mol. The van der Waals surface area contributed by atoms with E-state index in [1.807, 2.05) is 33.8 Å². The van der Waals surface area contributed by atoms with Gasteiger partial charge in [-0.3, -0.25) is 9.59 Å². The molecule has 3 aromatic rings. The van der Waals surface area contributed by atoms with Gasteiger partial charge in [0.25, 0.3) is 0 Å². The van der Waals surface area contributed by atoms with Gasteiger partial charge in [-0.2, -0.15) is 0 Å². The topological polar surface area (TPSA) is 68.3 Å². The maximum atomic E-state index is 13.4. The first-order valence-electron chi connectivity index (χ1n) is 10.1. The molecule has 160 valence electrons. The summed E-state index contributed by atoms with van der Waals surface area (Å²) in [6, 6.07) is 18.3. The van der Waals surface area contributed by atoms with Gasteiger partial charge < -0.3 is 0 Å². The molecule has 3 rings (SSSR count). The smallest absolute Gasteiger partial charge is 0.189 e. The first kappa shape index (κ1) is 22.6. The fourth-order valence-corrected chi connectivity index (χ4v) is 4.97. The summed E-state index contributed by atoms with van der Waals surface area (Å²) in [6.07, 6.45) is -0.411. The van der Waals surface area contributed by atoms with Gasteiger partial charge in [0, 0.05) is 17.5 Å². The molecule has 0 amide bonds. The second-order valence-corrected chi connectivity index (χ2v) is 10.1. The van der Waals surface area contributed by atoms with Crippen LogP contribution in [-0.4, -0.2) is 25.2 Å². The number of carbonyl (C=O) groups excluding carboxylic acids is 2. The Balaban J connectivity index is 2.03. The average Bonchev–Trinajstić information content (AvgIpc) is 2.74. The first-order chi connectivity index (χ1) is 14.6. The van der Waals surface area contributed by atoms with Crippen LogP contribution in [0.2, 0.25) is 0 Å². The maximum absolute atomic E-state index is 13.4. The molecule has 0 aromatic heterocycles. The number of ketones is 2. The summed E-state index contributed by atoms with van der Waals surface area (Å²) in [5, 5.41) is -1.49. The molecule has 31 heavy (non-hydrogen) atoms. The fourth-order valence-electron chi connectivity index (χ4n) is 3.34. The zero-order valence-electron chi connectivity index (χ0n) is 18.2. The number of carbonyl (C=O) groups is 2. The van der Waals surface area contributed by atoms with E-state index in [1.54, 1.807) is 48.5 Å². The number of benzene rings is 3. The minimum absolute atomic E-state index is 0.0384. The molecule has 4 nitrogen and oxygen atoms in total. The average molecular weight is 435 g/mol. The van der Waals surface area contributed by atoms with E-state index in [9.17, 15) is 18.0 Å². The lowest BCUT2D eigenvalue weighted by molar-refractivity contribution is 0.0920. The van der Waals surface area contributed by atoms with Crippen LogP contribution < -0.4 is 0 Å². The van der Waals surface area contributed by atoms with Crippen LogP contribution in [0.25, 0.3) is 0 Å². The minimum Gasteiger partial charge on any atom is -0.294 e. The van der Waals surface area contributed by atoms with Gasteiger partial charge >= 0.3 is 0 Å². The van der Waals surface area contributed by atoms with Gasteiger partial charge in [0.15, 0.2) is 21.4 Å². The molecule has 0 radical (unpaired) electrons. The zero-order valence-corrected chi connectivity index (χ0v) is 19.0. The third-order valence-electron chi connectivity index (χ3n) is 5.55. The molecule has 0 saturated carbocycles. The molecular weight excluding hydrogens is 408 g/mol. The lowest BCUT2D eigenvalue weighted by atomic mass is 9.98. The van der Waals surface area contributed by atoms with Crippen molar-refractivity contribution in [3.8, 4) is 0 Å². The lowest BCUT2D eigenvalue weighted by Gasteiger charge is -2.17. The fraction of sp³-hybridized carbons (Fsp3) is 0.231. The van der Waals surface area contributed by atoms with E-state index in [4.69, 9.17) is 0 Å². The Bertz CT molecular complexity index is 1220. The van der Waals surface area contributed by atoms with Gasteiger partial charge in [-0.05, 0) is 57.0 Å². The Labute approximate surface area is 183 Å². The highest BCUT2D eigenvalue weighted by atomic mass is 32.2. The Morgan fingerprint density at radius 1 is 0.710 bits per heavy atom. The molecule has 0 aliphatic heterocycles. The molecule has 0 spiro atoms. The molecule has 0 fully saturated rings. The van der Waals surface area contributed by atoms with Gasteiger partial charge in [0.05, 0.1) is 4.90 Å². The van der Waals surface area contributed by atoms with Crippen LogP contribution in [-0.2, 0) is 9.84 Å². The standard InChI is InChI=1S/C26H26O4S/c1-17-5-10-21(11-6-17)26(28)25(31(29,30)23-13-7-18(2)8-14-23)16-24(27)22-12-9-19(3)20(4)15-22/h5-15,25H,16H2,1-4H3/t25-/m1/s1. The van der Waals surface area contributed by atoms with Crippen molar-refractivity contribution in [2.45, 2.75) is 44.3 Å². The van der Waals surface area contributed by atoms with Crippen molar-refractivity contribution in [2.75, 3.05) is 0 Å². The molecule has 0 bridgehead atoms. The van der Waals surface area contributed by atoms with Gasteiger partial charge in [-0.15, -0.1) is 0 Å². The van der Waals surface area contributed by atoms with Gasteiger partial charge in [-0.25, -0.2) is 8.42 Å². The van der Waals surface area contributed by atoms with E-state index in [-0.39, 0.29) is 16.2 Å². The van der Waals surface area contributed by atoms with E-state index < -0.39 is 27.3 Å². The van der Waals surface area contributed by atoms with Crippen molar-refractivity contribution >= 4 is 21.4 Å². The van der Waals surface area contributed by atoms with E-state index in [2.05, 4.69) is 0 Å². The van der Waals surface area contributed by atoms with Crippen LogP contribution in [0, 0.1) is 27.7 Å². The molecule has 1 atom stereocenters. The highest BCUT2D eigenvalue weighted by Gasteiger charge is 2.36. The van der Waals surface area contributed by atoms with Gasteiger partial charge in [-0.1, -0.05) is 59.7 Å². The second-order valence-electron chi connectivity index (χ2n) is 8.00. The van der Waals surface area contributed by atoms with Crippen LogP contribution in [0.3, 0.4) is 0 Å². The van der Waals surface area contributed by atoms with Crippen LogP contribution in [0.5, 0.6) is 0 Å². The molecule has 5 heteroatoms. The maximum Gasteiger partial charge on any atom is 0.189 e. The number of sulfone groups is 1. The summed E-state index contributed by atoms with van der Waals surface area (Å²) in [7, 11) is -4.07. The molecule has 0 heterocycles. The van der Waals surface area contributed by atoms with Crippen molar-refractivity contribution < 1.29 is 18.0 Å². The van der Waals surface area contributed by atoms with Crippen LogP contribution >= 0.6 is 0 Å². The van der Waals surface area contributed by atoms with E-state index >= 15 is 0 Å². The van der Waals surface area contributed by atoms with Crippen LogP contribution in [0.1, 0.15) is 49.4 Å². The monoisotopic (exact) mass is 434 g/mol. The third kappa shape index (κ3) is 5.00. The summed E-state index contributed by atoms with van der Waals surface area (Å²) in [5.41, 5.74) is 4.53. The number of hydrogen-bond acceptors (Lipinski definition) is 4. The Kier molecular flexibility index (Phi) is 6.56. The first-order valence-corrected chi connectivity index (χ1v) is 11.7. The van der Waals surface area contributed by atoms with Crippen molar-refractivity contribution in [3.05, 3.63) is 100 Å². The molecule has 0 aliphatic carbocycles. The normalized spacial score (nSPS) is 12.4.